The molecular formula is C17H21N4S+. The normalized spacial score (nSPS) is 18.1. The maximum Gasteiger partial charge on any atom is 0.285 e. The Labute approximate surface area is 135 Å². The molecule has 0 atom stereocenters. The van der Waals surface area contributed by atoms with E-state index in [-0.39, 0.29) is 0 Å². The fourth-order valence-electron chi connectivity index (χ4n) is 3.08. The second-order valence-corrected chi connectivity index (χ2v) is 7.29. The first-order chi connectivity index (χ1) is 10.7. The Morgan fingerprint density at radius 3 is 2.50 bits per heavy atom. The van der Waals surface area contributed by atoms with Crippen molar-refractivity contribution in [2.45, 2.75) is 6.92 Å². The fraction of sp³-hybridized carbons (Fsp3) is 0.353. The molecule has 0 unspecified atom stereocenters. The lowest BCUT2D eigenvalue weighted by Crippen LogP contribution is -2.43. The van der Waals surface area contributed by atoms with Crippen LogP contribution in [0.25, 0.3) is 0 Å². The molecule has 0 amide bonds. The summed E-state index contributed by atoms with van der Waals surface area (Å²) in [6.07, 6.45) is 0. The Morgan fingerprint density at radius 1 is 1.09 bits per heavy atom. The molecule has 22 heavy (non-hydrogen) atoms. The van der Waals surface area contributed by atoms with E-state index in [2.05, 4.69) is 64.4 Å². The molecule has 1 aromatic carbocycles. The van der Waals surface area contributed by atoms with E-state index in [0.29, 0.717) is 0 Å². The summed E-state index contributed by atoms with van der Waals surface area (Å²) in [6.45, 7) is 6.52. The average molecular weight is 313 g/mol. The van der Waals surface area contributed by atoms with Gasteiger partial charge in [-0.3, -0.25) is 9.48 Å². The standard InChI is InChI=1S/C17H20N4S/c1-12-11-13-16(21-9-7-20(2)8-10-21)18-14-5-3-4-6-15(14)19-17(13)22-12/h3-6,11H,7-10H2,1-2H3,(H,18,19)/p+1. The van der Waals surface area contributed by atoms with Gasteiger partial charge >= 0.3 is 0 Å². The summed E-state index contributed by atoms with van der Waals surface area (Å²) in [5.41, 5.74) is 3.59. The van der Waals surface area contributed by atoms with E-state index in [4.69, 9.17) is 0 Å². The van der Waals surface area contributed by atoms with Crippen molar-refractivity contribution in [2.75, 3.05) is 43.9 Å². The van der Waals surface area contributed by atoms with Gasteiger partial charge < -0.3 is 5.32 Å². The molecule has 1 fully saturated rings. The molecule has 1 aromatic heterocycles. The largest absolute Gasteiger partial charge is 0.343 e. The molecule has 0 spiro atoms. The van der Waals surface area contributed by atoms with Gasteiger partial charge in [-0.2, -0.15) is 0 Å². The Bertz CT molecular complexity index is 737. The van der Waals surface area contributed by atoms with Crippen molar-refractivity contribution in [3.8, 4) is 0 Å². The molecule has 2 aromatic rings. The van der Waals surface area contributed by atoms with Crippen LogP contribution in [0.4, 0.5) is 16.4 Å². The first-order valence-corrected chi connectivity index (χ1v) is 8.57. The summed E-state index contributed by atoms with van der Waals surface area (Å²) in [5, 5.41) is 8.52. The molecule has 5 heteroatoms. The Kier molecular flexibility index (Phi) is 3.39. The van der Waals surface area contributed by atoms with E-state index in [1.807, 2.05) is 11.3 Å². The topological polar surface area (TPSA) is 30.3 Å². The number of nitrogens with one attached hydrogen (secondary N) is 2. The monoisotopic (exact) mass is 313 g/mol. The van der Waals surface area contributed by atoms with Gasteiger partial charge in [-0.1, -0.05) is 12.1 Å². The zero-order valence-electron chi connectivity index (χ0n) is 13.0. The minimum Gasteiger partial charge on any atom is -0.343 e. The van der Waals surface area contributed by atoms with Crippen LogP contribution in [0.15, 0.2) is 30.3 Å². The van der Waals surface area contributed by atoms with E-state index in [1.54, 1.807) is 0 Å². The highest BCUT2D eigenvalue weighted by Gasteiger charge is 2.28. The molecule has 2 aliphatic rings. The van der Waals surface area contributed by atoms with Crippen LogP contribution in [0.5, 0.6) is 0 Å². The molecule has 2 aliphatic heterocycles. The lowest BCUT2D eigenvalue weighted by atomic mass is 10.2. The maximum absolute atomic E-state index is 3.68. The number of para-hydroxylation sites is 2. The average Bonchev–Trinajstić information content (AvgIpc) is 2.80. The summed E-state index contributed by atoms with van der Waals surface area (Å²) >= 11 is 1.83. The number of piperazine rings is 1. The first-order valence-electron chi connectivity index (χ1n) is 7.75. The van der Waals surface area contributed by atoms with Gasteiger partial charge in [-0.25, -0.2) is 5.32 Å². The van der Waals surface area contributed by atoms with Gasteiger partial charge in [-0.15, -0.1) is 11.3 Å². The van der Waals surface area contributed by atoms with Crippen LogP contribution in [0.1, 0.15) is 10.4 Å². The van der Waals surface area contributed by atoms with E-state index in [1.165, 1.54) is 21.3 Å². The van der Waals surface area contributed by atoms with Gasteiger partial charge in [0.2, 0.25) is 0 Å². The number of anilines is 3. The third kappa shape index (κ3) is 2.40. The SMILES string of the molecule is Cc1cc2c(s1)Nc1ccccc1NC2=[N+]1CCN(C)CC1. The molecule has 114 valence electrons. The van der Waals surface area contributed by atoms with Crippen molar-refractivity contribution >= 4 is 33.5 Å². The van der Waals surface area contributed by atoms with Crippen LogP contribution in [-0.4, -0.2) is 48.5 Å². The predicted octanol–water partition coefficient (Wildman–Crippen LogP) is 2.93. The molecule has 0 radical (unpaired) electrons. The quantitative estimate of drug-likeness (QED) is 0.733. The third-order valence-corrected chi connectivity index (χ3v) is 5.32. The number of rotatable bonds is 0. The lowest BCUT2D eigenvalue weighted by Gasteiger charge is -2.24. The van der Waals surface area contributed by atoms with E-state index in [9.17, 15) is 0 Å². The van der Waals surface area contributed by atoms with Gasteiger partial charge in [0, 0.05) is 18.0 Å². The number of thiophene rings is 1. The fourth-order valence-corrected chi connectivity index (χ4v) is 4.01. The molecule has 4 rings (SSSR count). The summed E-state index contributed by atoms with van der Waals surface area (Å²) in [5.74, 6) is 1.24. The molecule has 0 aliphatic carbocycles. The zero-order valence-corrected chi connectivity index (χ0v) is 13.8. The van der Waals surface area contributed by atoms with Crippen LogP contribution in [0.2, 0.25) is 0 Å². The number of hydrogen-bond donors (Lipinski definition) is 2. The van der Waals surface area contributed by atoms with Gasteiger partial charge in [-0.05, 0) is 32.2 Å². The minimum absolute atomic E-state index is 1.06. The highest BCUT2D eigenvalue weighted by atomic mass is 32.1. The van der Waals surface area contributed by atoms with E-state index < -0.39 is 0 Å². The molecule has 4 nitrogen and oxygen atoms in total. The van der Waals surface area contributed by atoms with Crippen molar-refractivity contribution in [1.82, 2.24) is 4.90 Å². The van der Waals surface area contributed by atoms with Crippen LogP contribution in [0, 0.1) is 6.92 Å². The number of amidine groups is 1. The van der Waals surface area contributed by atoms with E-state index in [0.717, 1.165) is 37.6 Å². The third-order valence-electron chi connectivity index (χ3n) is 4.36. The van der Waals surface area contributed by atoms with Gasteiger partial charge in [0.1, 0.15) is 10.7 Å². The van der Waals surface area contributed by atoms with Crippen LogP contribution >= 0.6 is 11.3 Å². The number of nitrogens with zero attached hydrogens (tertiary/aromatic N) is 2. The number of likely N-dealkylation sites (N-methyl/N-ethyl adjacent to an activating group) is 1. The summed E-state index contributed by atoms with van der Waals surface area (Å²) < 4.78 is 2.48. The second kappa shape index (κ2) is 5.41. The van der Waals surface area contributed by atoms with Crippen molar-refractivity contribution in [3.63, 3.8) is 0 Å². The van der Waals surface area contributed by atoms with Crippen LogP contribution in [0.3, 0.4) is 0 Å². The number of hydrogen-bond acceptors (Lipinski definition) is 3. The Balaban J connectivity index is 1.85. The molecule has 1 saturated heterocycles. The van der Waals surface area contributed by atoms with Gasteiger partial charge in [0.05, 0.1) is 24.3 Å². The Morgan fingerprint density at radius 2 is 1.77 bits per heavy atom. The number of fused-ring (bicyclic) bond motifs is 2. The van der Waals surface area contributed by atoms with E-state index >= 15 is 0 Å². The second-order valence-electron chi connectivity index (χ2n) is 6.03. The zero-order chi connectivity index (χ0) is 15.1. The summed E-state index contributed by atoms with van der Waals surface area (Å²) in [6, 6.07) is 10.7. The predicted molar refractivity (Wildman–Crippen MR) is 94.0 cm³/mol. The number of benzene rings is 1. The lowest BCUT2D eigenvalue weighted by molar-refractivity contribution is -0.538. The Hall–Kier alpha value is -1.85. The summed E-state index contributed by atoms with van der Waals surface area (Å²) in [4.78, 5) is 3.73. The molecule has 0 saturated carbocycles. The molecule has 3 heterocycles. The van der Waals surface area contributed by atoms with Gasteiger partial charge in [0.15, 0.2) is 0 Å². The highest BCUT2D eigenvalue weighted by molar-refractivity contribution is 7.16. The van der Waals surface area contributed by atoms with Crippen molar-refractivity contribution in [3.05, 3.63) is 40.8 Å². The molecule has 0 bridgehead atoms. The highest BCUT2D eigenvalue weighted by Crippen LogP contribution is 2.37. The molecule has 2 N–H and O–H groups in total. The first kappa shape index (κ1) is 13.8. The number of aryl methyl sites for hydroxylation is 1. The van der Waals surface area contributed by atoms with Crippen molar-refractivity contribution in [1.29, 1.82) is 0 Å². The summed E-state index contributed by atoms with van der Waals surface area (Å²) in [7, 11) is 2.19. The van der Waals surface area contributed by atoms with Crippen molar-refractivity contribution in [2.24, 2.45) is 0 Å². The van der Waals surface area contributed by atoms with Crippen molar-refractivity contribution < 1.29 is 4.58 Å². The minimum atomic E-state index is 1.06. The maximum atomic E-state index is 3.68. The van der Waals surface area contributed by atoms with Gasteiger partial charge in [0.25, 0.3) is 5.84 Å². The smallest absolute Gasteiger partial charge is 0.285 e. The van der Waals surface area contributed by atoms with Crippen LogP contribution in [-0.2, 0) is 0 Å². The van der Waals surface area contributed by atoms with Crippen LogP contribution < -0.4 is 10.6 Å². The molecular weight excluding hydrogens is 292 g/mol.